The molecule has 2 N–H and O–H groups in total. The molecule has 8 nitrogen and oxygen atoms in total. The van der Waals surface area contributed by atoms with Crippen molar-refractivity contribution in [2.24, 2.45) is 18.9 Å². The number of aryl methyl sites for hydroxylation is 1. The van der Waals surface area contributed by atoms with Crippen molar-refractivity contribution in [1.29, 1.82) is 0 Å². The highest BCUT2D eigenvalue weighted by molar-refractivity contribution is 6.29. The van der Waals surface area contributed by atoms with E-state index < -0.39 is 23.0 Å². The van der Waals surface area contributed by atoms with E-state index in [-0.39, 0.29) is 16.9 Å². The molecule has 5 rings (SSSR count). The molecule has 1 aliphatic heterocycles. The molecule has 33 heavy (non-hydrogen) atoms. The van der Waals surface area contributed by atoms with Crippen molar-refractivity contribution in [2.45, 2.75) is 26.3 Å². The van der Waals surface area contributed by atoms with Crippen molar-refractivity contribution < 1.29 is 14.3 Å². The molecule has 0 bridgehead atoms. The second-order valence-electron chi connectivity index (χ2n) is 9.02. The zero-order valence-electron chi connectivity index (χ0n) is 18.4. The van der Waals surface area contributed by atoms with E-state index in [2.05, 4.69) is 15.2 Å². The first kappa shape index (κ1) is 21.6. The molecule has 10 heteroatoms. The summed E-state index contributed by atoms with van der Waals surface area (Å²) in [5.74, 6) is -0.174. The Hall–Kier alpha value is -3.20. The SMILES string of the molecule is Cc1cc([C@@H](C)Nc2cc(F)c(Cl)nc2C(=O)O)c2nc(N3CC4CC4C3)n(C)c(=O)c2c1. The van der Waals surface area contributed by atoms with Crippen molar-refractivity contribution >= 4 is 40.1 Å². The van der Waals surface area contributed by atoms with E-state index in [1.807, 2.05) is 13.0 Å². The smallest absolute Gasteiger partial charge is 0.356 e. The molecule has 2 unspecified atom stereocenters. The molecule has 0 radical (unpaired) electrons. The maximum atomic E-state index is 14.1. The standard InChI is InChI=1S/C23H23ClFN5O3/c1-10-4-14(11(2)26-17-7-16(25)20(24)27-19(17)22(32)33)18-15(5-10)21(31)29(3)23(28-18)30-8-12-6-13(12)9-30/h4-5,7,11-13,26H,6,8-9H2,1-3H3,(H,32,33)/t11-,12?,13?/m1/s1. The van der Waals surface area contributed by atoms with Crippen molar-refractivity contribution in [2.75, 3.05) is 23.3 Å². The Morgan fingerprint density at radius 1 is 1.27 bits per heavy atom. The number of nitrogens with one attached hydrogen (secondary N) is 1. The minimum atomic E-state index is -1.33. The second kappa shape index (κ2) is 7.69. The number of anilines is 2. The predicted molar refractivity (Wildman–Crippen MR) is 124 cm³/mol. The molecule has 1 aliphatic carbocycles. The number of aromatic nitrogens is 3. The Labute approximate surface area is 194 Å². The number of carboxylic acids is 1. The number of hydrogen-bond acceptors (Lipinski definition) is 6. The molecule has 0 spiro atoms. The van der Waals surface area contributed by atoms with Gasteiger partial charge in [0.15, 0.2) is 16.7 Å². The van der Waals surface area contributed by atoms with Crippen LogP contribution in [0.25, 0.3) is 10.9 Å². The van der Waals surface area contributed by atoms with Crippen LogP contribution in [-0.4, -0.2) is 38.7 Å². The highest BCUT2D eigenvalue weighted by Crippen LogP contribution is 2.46. The normalized spacial score (nSPS) is 20.1. The number of halogens is 2. The average Bonchev–Trinajstić information content (AvgIpc) is 3.37. The lowest BCUT2D eigenvalue weighted by atomic mass is 10.0. The molecule has 172 valence electrons. The molecule has 2 aliphatic rings. The Kier molecular flexibility index (Phi) is 5.04. The number of hydrogen-bond donors (Lipinski definition) is 2. The minimum absolute atomic E-state index is 0.00440. The summed E-state index contributed by atoms with van der Waals surface area (Å²) in [6, 6.07) is 4.23. The van der Waals surface area contributed by atoms with Crippen LogP contribution in [0, 0.1) is 24.6 Å². The van der Waals surface area contributed by atoms with Crippen molar-refractivity contribution in [3.05, 3.63) is 56.3 Å². The Morgan fingerprint density at radius 2 is 1.97 bits per heavy atom. The first-order valence-electron chi connectivity index (χ1n) is 10.8. The summed E-state index contributed by atoms with van der Waals surface area (Å²) in [5.41, 5.74) is 1.58. The van der Waals surface area contributed by atoms with Gasteiger partial charge in [0, 0.05) is 31.8 Å². The molecule has 1 saturated carbocycles. The van der Waals surface area contributed by atoms with E-state index in [0.29, 0.717) is 34.3 Å². The number of pyridine rings is 1. The van der Waals surface area contributed by atoms with Gasteiger partial charge in [-0.25, -0.2) is 19.2 Å². The maximum absolute atomic E-state index is 14.1. The number of piperidine rings is 1. The number of aromatic carboxylic acids is 1. The van der Waals surface area contributed by atoms with Gasteiger partial charge in [-0.05, 0) is 43.7 Å². The van der Waals surface area contributed by atoms with Crippen LogP contribution in [0.1, 0.15) is 41.0 Å². The van der Waals surface area contributed by atoms with Crippen molar-refractivity contribution in [1.82, 2.24) is 14.5 Å². The fourth-order valence-corrected chi connectivity index (χ4v) is 4.91. The lowest BCUT2D eigenvalue weighted by Gasteiger charge is -2.24. The van der Waals surface area contributed by atoms with Gasteiger partial charge in [-0.3, -0.25) is 9.36 Å². The third-order valence-electron chi connectivity index (χ3n) is 6.57. The molecule has 3 aromatic rings. The van der Waals surface area contributed by atoms with Crippen LogP contribution in [0.3, 0.4) is 0 Å². The number of benzene rings is 1. The van der Waals surface area contributed by atoms with E-state index in [0.717, 1.165) is 24.7 Å². The molecule has 3 atom stereocenters. The average molecular weight is 472 g/mol. The Morgan fingerprint density at radius 3 is 2.64 bits per heavy atom. The Bertz CT molecular complexity index is 1360. The molecule has 1 saturated heterocycles. The molecule has 2 aromatic heterocycles. The molecular weight excluding hydrogens is 449 g/mol. The van der Waals surface area contributed by atoms with Gasteiger partial charge in [0.1, 0.15) is 0 Å². The van der Waals surface area contributed by atoms with Gasteiger partial charge in [0.25, 0.3) is 5.56 Å². The first-order chi connectivity index (χ1) is 15.6. The van der Waals surface area contributed by atoms with Gasteiger partial charge >= 0.3 is 5.97 Å². The third-order valence-corrected chi connectivity index (χ3v) is 6.83. The fraction of sp³-hybridized carbons (Fsp3) is 0.391. The van der Waals surface area contributed by atoms with Crippen LogP contribution >= 0.6 is 11.6 Å². The first-order valence-corrected chi connectivity index (χ1v) is 11.1. The highest BCUT2D eigenvalue weighted by Gasteiger charge is 2.46. The van der Waals surface area contributed by atoms with E-state index in [1.165, 1.54) is 6.42 Å². The molecule has 0 amide bonds. The number of fused-ring (bicyclic) bond motifs is 2. The van der Waals surface area contributed by atoms with E-state index in [9.17, 15) is 19.1 Å². The molecular formula is C23H23ClFN5O3. The zero-order chi connectivity index (χ0) is 23.6. The molecule has 2 fully saturated rings. The summed E-state index contributed by atoms with van der Waals surface area (Å²) in [6.07, 6.45) is 1.24. The maximum Gasteiger partial charge on any atom is 0.356 e. The number of carboxylic acid groups (broad SMARTS) is 1. The zero-order valence-corrected chi connectivity index (χ0v) is 19.1. The largest absolute Gasteiger partial charge is 0.476 e. The van der Waals surface area contributed by atoms with Gasteiger partial charge in [0.2, 0.25) is 5.95 Å². The lowest BCUT2D eigenvalue weighted by molar-refractivity contribution is 0.0691. The van der Waals surface area contributed by atoms with Gasteiger partial charge in [0.05, 0.1) is 22.6 Å². The summed E-state index contributed by atoms with van der Waals surface area (Å²) in [5, 5.41) is 12.5. The summed E-state index contributed by atoms with van der Waals surface area (Å²) in [7, 11) is 1.74. The van der Waals surface area contributed by atoms with Crippen molar-refractivity contribution in [3.8, 4) is 0 Å². The number of nitrogens with zero attached hydrogens (tertiary/aromatic N) is 4. The van der Waals surface area contributed by atoms with Crippen molar-refractivity contribution in [3.63, 3.8) is 0 Å². The van der Waals surface area contributed by atoms with Gasteiger partial charge in [-0.1, -0.05) is 17.7 Å². The second-order valence-corrected chi connectivity index (χ2v) is 9.37. The molecule has 3 heterocycles. The summed E-state index contributed by atoms with van der Waals surface area (Å²) in [6.45, 7) is 5.46. The van der Waals surface area contributed by atoms with Crippen LogP contribution in [0.2, 0.25) is 5.15 Å². The van der Waals surface area contributed by atoms with Crippen LogP contribution < -0.4 is 15.8 Å². The van der Waals surface area contributed by atoms with Crippen LogP contribution in [0.4, 0.5) is 16.0 Å². The molecule has 1 aromatic carbocycles. The number of carbonyl (C=O) groups is 1. The van der Waals surface area contributed by atoms with Gasteiger partial charge in [-0.15, -0.1) is 0 Å². The minimum Gasteiger partial charge on any atom is -0.476 e. The highest BCUT2D eigenvalue weighted by atomic mass is 35.5. The monoisotopic (exact) mass is 471 g/mol. The predicted octanol–water partition coefficient (Wildman–Crippen LogP) is 3.76. The summed E-state index contributed by atoms with van der Waals surface area (Å²) >= 11 is 5.68. The topological polar surface area (TPSA) is 100 Å². The van der Waals surface area contributed by atoms with Gasteiger partial charge < -0.3 is 15.3 Å². The summed E-state index contributed by atoms with van der Waals surface area (Å²) in [4.78, 5) is 35.6. The van der Waals surface area contributed by atoms with Gasteiger partial charge in [-0.2, -0.15) is 0 Å². The quantitative estimate of drug-likeness (QED) is 0.546. The summed E-state index contributed by atoms with van der Waals surface area (Å²) < 4.78 is 15.7. The van der Waals surface area contributed by atoms with Crippen LogP contribution in [0.5, 0.6) is 0 Å². The third kappa shape index (κ3) is 3.70. The van der Waals surface area contributed by atoms with E-state index >= 15 is 0 Å². The van der Waals surface area contributed by atoms with Crippen LogP contribution in [-0.2, 0) is 7.05 Å². The Balaban J connectivity index is 1.60. The van der Waals surface area contributed by atoms with E-state index in [1.54, 1.807) is 24.6 Å². The van der Waals surface area contributed by atoms with Crippen LogP contribution in [0.15, 0.2) is 23.0 Å². The number of rotatable bonds is 5. The lowest BCUT2D eigenvalue weighted by Crippen LogP contribution is -2.31. The fourth-order valence-electron chi connectivity index (χ4n) is 4.77. The van der Waals surface area contributed by atoms with E-state index in [4.69, 9.17) is 16.6 Å².